The first-order valence-electron chi connectivity index (χ1n) is 17.5. The molecule has 42 heavy (non-hydrogen) atoms. The van der Waals surface area contributed by atoms with Gasteiger partial charge in [0.1, 0.15) is 0 Å². The number of nitrogens with two attached hydrogens (primary N) is 6. The van der Waals surface area contributed by atoms with Crippen molar-refractivity contribution in [3.8, 4) is 0 Å². The molecule has 13 N–H and O–H groups in total. The molecule has 0 saturated heterocycles. The molecule has 0 aliphatic rings. The maximum atomic E-state index is 5.78. The molecule has 0 aromatic rings. The van der Waals surface area contributed by atoms with Gasteiger partial charge in [0.25, 0.3) is 0 Å². The third-order valence-corrected chi connectivity index (χ3v) is 7.87. The fourth-order valence-corrected chi connectivity index (χ4v) is 5.40. The van der Waals surface area contributed by atoms with Crippen molar-refractivity contribution in [1.29, 1.82) is 0 Å². The van der Waals surface area contributed by atoms with Gasteiger partial charge < -0.3 is 59.3 Å². The third kappa shape index (κ3) is 27.1. The van der Waals surface area contributed by atoms with Crippen LogP contribution in [-0.4, -0.2) is 150 Å². The highest BCUT2D eigenvalue weighted by atomic mass is 15.2. The van der Waals surface area contributed by atoms with Crippen LogP contribution in [0.25, 0.3) is 0 Å². The van der Waals surface area contributed by atoms with Crippen molar-refractivity contribution in [3.05, 3.63) is 0 Å². The maximum Gasteiger partial charge on any atom is -0.000653 e. The van der Waals surface area contributed by atoms with Crippen LogP contribution in [0.1, 0.15) is 70.6 Å². The average Bonchev–Trinajstić information content (AvgIpc) is 3.00. The zero-order valence-corrected chi connectivity index (χ0v) is 27.7. The molecule has 0 amide bonds. The van der Waals surface area contributed by atoms with Gasteiger partial charge in [0.15, 0.2) is 0 Å². The first kappa shape index (κ1) is 41.6. The summed E-state index contributed by atoms with van der Waals surface area (Å²) >= 11 is 0. The van der Waals surface area contributed by atoms with Crippen molar-refractivity contribution < 1.29 is 0 Å². The van der Waals surface area contributed by atoms with Crippen LogP contribution >= 0.6 is 0 Å². The lowest BCUT2D eigenvalue weighted by molar-refractivity contribution is 0.203. The Morgan fingerprint density at radius 2 is 0.500 bits per heavy atom. The van der Waals surface area contributed by atoms with Crippen LogP contribution < -0.4 is 39.7 Å². The van der Waals surface area contributed by atoms with Crippen molar-refractivity contribution >= 4 is 0 Å². The summed E-state index contributed by atoms with van der Waals surface area (Å²) in [6.07, 6.45) is 12.4. The SMILES string of the molecule is NCCCN(CCCN)CCCNCCCCN(CCCN(CCCN)CCCN)CCCN(CCCN)CCCN. The smallest absolute Gasteiger partial charge is 0.000653 e. The van der Waals surface area contributed by atoms with Gasteiger partial charge in [-0.05, 0) is 202 Å². The predicted molar refractivity (Wildman–Crippen MR) is 184 cm³/mol. The molecule has 11 heteroatoms. The van der Waals surface area contributed by atoms with E-state index in [1.165, 1.54) is 38.6 Å². The summed E-state index contributed by atoms with van der Waals surface area (Å²) in [6, 6.07) is 0. The third-order valence-electron chi connectivity index (χ3n) is 7.87. The molecule has 0 aromatic carbocycles. The van der Waals surface area contributed by atoms with E-state index in [4.69, 9.17) is 34.4 Å². The average molecular weight is 602 g/mol. The van der Waals surface area contributed by atoms with Crippen molar-refractivity contribution in [2.24, 2.45) is 34.4 Å². The lowest BCUT2D eigenvalue weighted by atomic mass is 10.2. The Hall–Kier alpha value is -0.440. The van der Waals surface area contributed by atoms with Crippen molar-refractivity contribution in [1.82, 2.24) is 24.9 Å². The standard InChI is InChI=1S/C31H75N11/c32-12-3-21-40(22-4-13-33)27-9-19-38-18-1-2-20-39(28-10-30-41(23-5-14-34)24-6-15-35)29-11-31-42(25-7-16-36)26-8-17-37/h38H,1-37H2. The summed E-state index contributed by atoms with van der Waals surface area (Å²) in [5.41, 5.74) is 34.6. The van der Waals surface area contributed by atoms with Gasteiger partial charge in [-0.2, -0.15) is 0 Å². The highest BCUT2D eigenvalue weighted by molar-refractivity contribution is 4.67. The highest BCUT2D eigenvalue weighted by Gasteiger charge is 2.10. The van der Waals surface area contributed by atoms with E-state index in [1.54, 1.807) is 0 Å². The van der Waals surface area contributed by atoms with E-state index in [1.807, 2.05) is 0 Å². The number of nitrogens with zero attached hydrogens (tertiary/aromatic N) is 4. The van der Waals surface area contributed by atoms with Gasteiger partial charge in [-0.25, -0.2) is 0 Å². The maximum absolute atomic E-state index is 5.78. The summed E-state index contributed by atoms with van der Waals surface area (Å²) in [6.45, 7) is 20.1. The summed E-state index contributed by atoms with van der Waals surface area (Å²) < 4.78 is 0. The molecule has 0 heterocycles. The van der Waals surface area contributed by atoms with Gasteiger partial charge in [0.2, 0.25) is 0 Å². The Morgan fingerprint density at radius 1 is 0.262 bits per heavy atom. The second-order valence-electron chi connectivity index (χ2n) is 11.7. The molecule has 0 fully saturated rings. The van der Waals surface area contributed by atoms with Crippen LogP contribution in [0.15, 0.2) is 0 Å². The Bertz CT molecular complexity index is 465. The van der Waals surface area contributed by atoms with Crippen LogP contribution in [0.4, 0.5) is 0 Å². The van der Waals surface area contributed by atoms with Gasteiger partial charge in [0, 0.05) is 0 Å². The van der Waals surface area contributed by atoms with Crippen LogP contribution in [0.2, 0.25) is 0 Å². The zero-order chi connectivity index (χ0) is 30.9. The Kier molecular flexibility index (Phi) is 33.1. The fraction of sp³-hybridized carbons (Fsp3) is 1.00. The first-order valence-corrected chi connectivity index (χ1v) is 17.5. The van der Waals surface area contributed by atoms with Crippen molar-refractivity contribution in [2.45, 2.75) is 70.6 Å². The van der Waals surface area contributed by atoms with Crippen molar-refractivity contribution in [2.75, 3.05) is 131 Å². The molecule has 0 spiro atoms. The second-order valence-corrected chi connectivity index (χ2v) is 11.7. The van der Waals surface area contributed by atoms with Gasteiger partial charge in [0.05, 0.1) is 0 Å². The van der Waals surface area contributed by atoms with Crippen LogP contribution in [-0.2, 0) is 0 Å². The van der Waals surface area contributed by atoms with E-state index >= 15 is 0 Å². The van der Waals surface area contributed by atoms with Gasteiger partial charge >= 0.3 is 0 Å². The Labute approximate surface area is 260 Å². The molecule has 0 aliphatic carbocycles. The number of hydrogen-bond acceptors (Lipinski definition) is 11. The first-order chi connectivity index (χ1) is 20.6. The molecule has 0 aliphatic heterocycles. The molecule has 11 nitrogen and oxygen atoms in total. The second kappa shape index (κ2) is 33.5. The fourth-order valence-electron chi connectivity index (χ4n) is 5.40. The van der Waals surface area contributed by atoms with Crippen LogP contribution in [0, 0.1) is 0 Å². The molecule has 0 radical (unpaired) electrons. The van der Waals surface area contributed by atoms with Gasteiger partial charge in [-0.1, -0.05) is 0 Å². The van der Waals surface area contributed by atoms with Gasteiger partial charge in [-0.3, -0.25) is 0 Å². The molecule has 0 bridgehead atoms. The molecule has 254 valence electrons. The minimum absolute atomic E-state index is 0.755. The van der Waals surface area contributed by atoms with E-state index in [0.717, 1.165) is 163 Å². The highest BCUT2D eigenvalue weighted by Crippen LogP contribution is 2.04. The molecular weight excluding hydrogens is 526 g/mol. The van der Waals surface area contributed by atoms with Gasteiger partial charge in [-0.15, -0.1) is 0 Å². The monoisotopic (exact) mass is 602 g/mol. The number of rotatable bonds is 35. The quantitative estimate of drug-likeness (QED) is 0.0479. The van der Waals surface area contributed by atoms with E-state index in [-0.39, 0.29) is 0 Å². The predicted octanol–water partition coefficient (Wildman–Crippen LogP) is -0.173. The summed E-state index contributed by atoms with van der Waals surface area (Å²) in [4.78, 5) is 10.3. The molecular formula is C31H75N11. The summed E-state index contributed by atoms with van der Waals surface area (Å²) in [5.74, 6) is 0. The zero-order valence-electron chi connectivity index (χ0n) is 27.7. The van der Waals surface area contributed by atoms with E-state index in [0.29, 0.717) is 0 Å². The summed E-state index contributed by atoms with van der Waals surface area (Å²) in [7, 11) is 0. The molecule has 0 unspecified atom stereocenters. The normalized spacial score (nSPS) is 12.1. The molecule has 0 saturated carbocycles. The minimum Gasteiger partial charge on any atom is -0.330 e. The van der Waals surface area contributed by atoms with E-state index < -0.39 is 0 Å². The molecule has 0 atom stereocenters. The number of unbranched alkanes of at least 4 members (excludes halogenated alkanes) is 1. The lowest BCUT2D eigenvalue weighted by Gasteiger charge is -2.27. The van der Waals surface area contributed by atoms with Crippen LogP contribution in [0.5, 0.6) is 0 Å². The van der Waals surface area contributed by atoms with E-state index in [2.05, 4.69) is 24.9 Å². The topological polar surface area (TPSA) is 181 Å². The Morgan fingerprint density at radius 3 is 0.810 bits per heavy atom. The molecule has 0 rings (SSSR count). The lowest BCUT2D eigenvalue weighted by Crippen LogP contribution is -2.35. The van der Waals surface area contributed by atoms with Crippen LogP contribution in [0.3, 0.4) is 0 Å². The largest absolute Gasteiger partial charge is 0.330 e. The summed E-state index contributed by atoms with van der Waals surface area (Å²) in [5, 5.41) is 3.67. The number of hydrogen-bond donors (Lipinski definition) is 7. The van der Waals surface area contributed by atoms with Crippen molar-refractivity contribution in [3.63, 3.8) is 0 Å². The Balaban J connectivity index is 4.56. The molecule has 0 aromatic heterocycles. The minimum atomic E-state index is 0.755. The number of nitrogens with one attached hydrogen (secondary N) is 1. The van der Waals surface area contributed by atoms with E-state index in [9.17, 15) is 0 Å².